The summed E-state index contributed by atoms with van der Waals surface area (Å²) in [6.07, 6.45) is 3.27. The summed E-state index contributed by atoms with van der Waals surface area (Å²) < 4.78 is 7.60. The molecule has 0 atom stereocenters. The quantitative estimate of drug-likeness (QED) is 0.406. The average molecular weight is 468 g/mol. The molecule has 0 radical (unpaired) electrons. The first-order valence-corrected chi connectivity index (χ1v) is 10.2. The molecule has 6 nitrogen and oxygen atoms in total. The van der Waals surface area contributed by atoms with Gasteiger partial charge >= 0.3 is 5.97 Å². The number of halogens is 1. The number of esters is 1. The number of aromatic nitrogens is 3. The van der Waals surface area contributed by atoms with Crippen molar-refractivity contribution in [1.29, 1.82) is 0 Å². The highest BCUT2D eigenvalue weighted by molar-refractivity contribution is 9.10. The molecule has 0 spiro atoms. The molecule has 29 heavy (non-hydrogen) atoms. The Morgan fingerprint density at radius 3 is 2.76 bits per heavy atom. The van der Waals surface area contributed by atoms with Crippen molar-refractivity contribution in [3.63, 3.8) is 0 Å². The van der Waals surface area contributed by atoms with Crippen LogP contribution in [0.25, 0.3) is 5.65 Å². The molecule has 0 aliphatic heterocycles. The summed E-state index contributed by atoms with van der Waals surface area (Å²) >= 11 is 4.71. The van der Waals surface area contributed by atoms with Crippen molar-refractivity contribution in [2.24, 2.45) is 0 Å². The van der Waals surface area contributed by atoms with Crippen molar-refractivity contribution >= 4 is 39.3 Å². The molecule has 0 aliphatic rings. The molecule has 1 aromatic carbocycles. The van der Waals surface area contributed by atoms with E-state index in [1.165, 1.54) is 22.2 Å². The number of fused-ring (bicyclic) bond motifs is 1. The molecule has 8 heteroatoms. The van der Waals surface area contributed by atoms with E-state index in [9.17, 15) is 9.59 Å². The van der Waals surface area contributed by atoms with Gasteiger partial charge in [-0.15, -0.1) is 0 Å². The fraction of sp³-hybridized carbons (Fsp3) is 0.0476. The minimum Gasteiger partial charge on any atom is -0.456 e. The van der Waals surface area contributed by atoms with Crippen molar-refractivity contribution in [3.8, 4) is 0 Å². The second-order valence-electron chi connectivity index (χ2n) is 6.01. The summed E-state index contributed by atoms with van der Waals surface area (Å²) in [6, 6.07) is 17.9. The van der Waals surface area contributed by atoms with Crippen molar-refractivity contribution in [2.75, 3.05) is 0 Å². The van der Waals surface area contributed by atoms with Gasteiger partial charge in [-0.3, -0.25) is 9.20 Å². The Kier molecular flexibility index (Phi) is 5.73. The number of nitrogens with zero attached hydrogens (tertiary/aromatic N) is 3. The molecule has 0 bridgehead atoms. The summed E-state index contributed by atoms with van der Waals surface area (Å²) in [5, 5.41) is 0.556. The Bertz CT molecular complexity index is 1240. The predicted octanol–water partition coefficient (Wildman–Crippen LogP) is 4.36. The lowest BCUT2D eigenvalue weighted by atomic mass is 10.3. The molecule has 3 heterocycles. The standard InChI is InChI=1S/C21H14BrN3O3S/c22-14-8-9-18-24-15(11-19(26)25(18)12-14)13-28-21(27)17-7-4-10-23-20(17)29-16-5-2-1-3-6-16/h1-12H,13H2. The van der Waals surface area contributed by atoms with Crippen LogP contribution in [0.2, 0.25) is 0 Å². The number of hydrogen-bond donors (Lipinski definition) is 0. The fourth-order valence-corrected chi connectivity index (χ4v) is 3.87. The Labute approximate surface area is 178 Å². The lowest BCUT2D eigenvalue weighted by Gasteiger charge is -2.09. The molecule has 144 valence electrons. The SMILES string of the molecule is O=C(OCc1cc(=O)n2cc(Br)ccc2n1)c1cccnc1Sc1ccccc1. The molecular formula is C21H14BrN3O3S. The lowest BCUT2D eigenvalue weighted by molar-refractivity contribution is 0.0462. The number of carbonyl (C=O) groups excluding carboxylic acids is 1. The van der Waals surface area contributed by atoms with Crippen molar-refractivity contribution in [3.05, 3.63) is 99.1 Å². The van der Waals surface area contributed by atoms with E-state index in [1.807, 2.05) is 30.3 Å². The van der Waals surface area contributed by atoms with Gasteiger partial charge in [0.1, 0.15) is 17.3 Å². The molecule has 0 unspecified atom stereocenters. The van der Waals surface area contributed by atoms with Crippen molar-refractivity contribution in [1.82, 2.24) is 14.4 Å². The Morgan fingerprint density at radius 1 is 1.10 bits per heavy atom. The van der Waals surface area contributed by atoms with E-state index in [0.29, 0.717) is 21.9 Å². The topological polar surface area (TPSA) is 73.6 Å². The number of carbonyl (C=O) groups is 1. The molecule has 4 rings (SSSR count). The Morgan fingerprint density at radius 2 is 1.93 bits per heavy atom. The first-order chi connectivity index (χ1) is 14.1. The van der Waals surface area contributed by atoms with Gasteiger partial charge in [-0.05, 0) is 52.3 Å². The fourth-order valence-electron chi connectivity index (χ4n) is 2.64. The largest absolute Gasteiger partial charge is 0.456 e. The summed E-state index contributed by atoms with van der Waals surface area (Å²) in [7, 11) is 0. The summed E-state index contributed by atoms with van der Waals surface area (Å²) in [5.41, 5.74) is 0.979. The van der Waals surface area contributed by atoms with Crippen LogP contribution in [0.4, 0.5) is 0 Å². The van der Waals surface area contributed by atoms with Crippen LogP contribution in [0.3, 0.4) is 0 Å². The van der Waals surface area contributed by atoms with E-state index >= 15 is 0 Å². The van der Waals surface area contributed by atoms with Crippen molar-refractivity contribution < 1.29 is 9.53 Å². The van der Waals surface area contributed by atoms with Crippen LogP contribution in [0.1, 0.15) is 16.1 Å². The normalized spacial score (nSPS) is 10.8. The monoisotopic (exact) mass is 467 g/mol. The number of hydrogen-bond acceptors (Lipinski definition) is 6. The van der Waals surface area contributed by atoms with Crippen LogP contribution in [0.5, 0.6) is 0 Å². The van der Waals surface area contributed by atoms with Crippen molar-refractivity contribution in [2.45, 2.75) is 16.5 Å². The number of ether oxygens (including phenoxy) is 1. The van der Waals surface area contributed by atoms with E-state index in [1.54, 1.807) is 36.7 Å². The van der Waals surface area contributed by atoms with Gasteiger partial charge in [0.2, 0.25) is 0 Å². The number of benzene rings is 1. The highest BCUT2D eigenvalue weighted by Gasteiger charge is 2.15. The van der Waals surface area contributed by atoms with E-state index in [0.717, 1.165) is 9.37 Å². The van der Waals surface area contributed by atoms with Gasteiger partial charge in [0.15, 0.2) is 0 Å². The minimum absolute atomic E-state index is 0.106. The molecule has 4 aromatic rings. The molecule has 0 saturated heterocycles. The van der Waals surface area contributed by atoms with Gasteiger partial charge in [0.25, 0.3) is 5.56 Å². The van der Waals surface area contributed by atoms with Crippen LogP contribution in [0, 0.1) is 0 Å². The maximum atomic E-state index is 12.6. The first-order valence-electron chi connectivity index (χ1n) is 8.63. The Balaban J connectivity index is 1.53. The third kappa shape index (κ3) is 4.55. The van der Waals surface area contributed by atoms with Gasteiger partial charge < -0.3 is 4.74 Å². The first kappa shape index (κ1) is 19.4. The number of pyridine rings is 2. The summed E-state index contributed by atoms with van der Waals surface area (Å²) in [5.74, 6) is -0.519. The van der Waals surface area contributed by atoms with Gasteiger partial charge in [0, 0.05) is 27.8 Å². The van der Waals surface area contributed by atoms with E-state index in [-0.39, 0.29) is 12.2 Å². The van der Waals surface area contributed by atoms with E-state index < -0.39 is 5.97 Å². The predicted molar refractivity (Wildman–Crippen MR) is 113 cm³/mol. The molecular weight excluding hydrogens is 454 g/mol. The van der Waals surface area contributed by atoms with Gasteiger partial charge in [-0.2, -0.15) is 0 Å². The van der Waals surface area contributed by atoms with E-state index in [2.05, 4.69) is 25.9 Å². The van der Waals surface area contributed by atoms with E-state index in [4.69, 9.17) is 4.74 Å². The second-order valence-corrected chi connectivity index (χ2v) is 7.99. The van der Waals surface area contributed by atoms with Crippen LogP contribution < -0.4 is 5.56 Å². The second kappa shape index (κ2) is 8.59. The van der Waals surface area contributed by atoms with Crippen LogP contribution in [-0.2, 0) is 11.3 Å². The third-order valence-corrected chi connectivity index (χ3v) is 5.47. The summed E-state index contributed by atoms with van der Waals surface area (Å²) in [4.78, 5) is 34.5. The third-order valence-electron chi connectivity index (χ3n) is 3.98. The molecule has 0 fully saturated rings. The zero-order valence-electron chi connectivity index (χ0n) is 15.0. The molecule has 0 aliphatic carbocycles. The molecule has 0 saturated carbocycles. The molecule has 0 N–H and O–H groups in total. The lowest BCUT2D eigenvalue weighted by Crippen LogP contribution is -2.16. The maximum absolute atomic E-state index is 12.6. The zero-order valence-corrected chi connectivity index (χ0v) is 17.4. The van der Waals surface area contributed by atoms with Crippen LogP contribution in [0.15, 0.2) is 92.2 Å². The highest BCUT2D eigenvalue weighted by Crippen LogP contribution is 2.28. The Hall–Kier alpha value is -2.97. The highest BCUT2D eigenvalue weighted by atomic mass is 79.9. The van der Waals surface area contributed by atoms with Crippen LogP contribution in [-0.4, -0.2) is 20.3 Å². The van der Waals surface area contributed by atoms with Crippen LogP contribution >= 0.6 is 27.7 Å². The zero-order chi connectivity index (χ0) is 20.2. The minimum atomic E-state index is -0.519. The van der Waals surface area contributed by atoms with Gasteiger partial charge in [0.05, 0.1) is 11.3 Å². The molecule has 3 aromatic heterocycles. The van der Waals surface area contributed by atoms with Gasteiger partial charge in [-0.25, -0.2) is 14.8 Å². The maximum Gasteiger partial charge on any atom is 0.341 e. The number of rotatable bonds is 5. The average Bonchev–Trinajstić information content (AvgIpc) is 2.74. The van der Waals surface area contributed by atoms with Gasteiger partial charge in [-0.1, -0.05) is 30.0 Å². The summed E-state index contributed by atoms with van der Waals surface area (Å²) in [6.45, 7) is -0.106. The molecule has 0 amide bonds. The smallest absolute Gasteiger partial charge is 0.341 e.